The van der Waals surface area contributed by atoms with E-state index in [4.69, 9.17) is 14.6 Å². The molecule has 5 rings (SSSR count). The van der Waals surface area contributed by atoms with Gasteiger partial charge in [0.05, 0.1) is 18.9 Å². The third-order valence-electron chi connectivity index (χ3n) is 6.38. The Balaban J connectivity index is 1.54. The second-order valence-corrected chi connectivity index (χ2v) is 8.11. The fourth-order valence-electron chi connectivity index (χ4n) is 4.73. The number of hydrazone groups is 1. The van der Waals surface area contributed by atoms with Crippen LogP contribution in [0.4, 0.5) is 0 Å². The van der Waals surface area contributed by atoms with E-state index in [2.05, 4.69) is 48.3 Å². The maximum Gasteiger partial charge on any atom is 0.198 e. The lowest BCUT2D eigenvalue weighted by Crippen LogP contribution is -2.55. The summed E-state index contributed by atoms with van der Waals surface area (Å²) in [6, 6.07) is 17.0. The molecule has 2 aromatic rings. The summed E-state index contributed by atoms with van der Waals surface area (Å²) in [5.74, 6) is 2.68. The van der Waals surface area contributed by atoms with Crippen molar-refractivity contribution in [1.29, 1.82) is 0 Å². The van der Waals surface area contributed by atoms with Crippen LogP contribution in [0.1, 0.15) is 56.2 Å². The summed E-state index contributed by atoms with van der Waals surface area (Å²) in [5.41, 5.74) is 3.27. The third-order valence-corrected chi connectivity index (χ3v) is 6.38. The van der Waals surface area contributed by atoms with Gasteiger partial charge < -0.3 is 9.47 Å². The summed E-state index contributed by atoms with van der Waals surface area (Å²) in [5, 5.41) is 7.41. The molecule has 4 heteroatoms. The molecule has 2 heterocycles. The fourth-order valence-corrected chi connectivity index (χ4v) is 4.73. The van der Waals surface area contributed by atoms with Crippen molar-refractivity contribution in [2.45, 2.75) is 50.8 Å². The summed E-state index contributed by atoms with van der Waals surface area (Å²) in [6.07, 6.45) is 5.39. The maximum atomic E-state index is 6.64. The predicted molar refractivity (Wildman–Crippen MR) is 106 cm³/mol. The number of hydrogen-bond acceptors (Lipinski definition) is 4. The number of rotatable bonds is 2. The molecule has 0 N–H and O–H groups in total. The fraction of sp³-hybridized carbons (Fsp3) is 0.435. The quantitative estimate of drug-likeness (QED) is 0.741. The van der Waals surface area contributed by atoms with Gasteiger partial charge in [0.2, 0.25) is 0 Å². The number of fused-ring (bicyclic) bond motifs is 4. The predicted octanol–water partition coefficient (Wildman–Crippen LogP) is 5.15. The van der Waals surface area contributed by atoms with E-state index in [1.807, 2.05) is 12.1 Å². The Morgan fingerprint density at radius 3 is 2.56 bits per heavy atom. The summed E-state index contributed by atoms with van der Waals surface area (Å²) < 4.78 is 11.9. The minimum Gasteiger partial charge on any atom is -0.497 e. The molecule has 1 saturated carbocycles. The zero-order chi connectivity index (χ0) is 18.4. The van der Waals surface area contributed by atoms with Crippen molar-refractivity contribution < 1.29 is 9.47 Å². The Labute approximate surface area is 160 Å². The van der Waals surface area contributed by atoms with E-state index in [1.54, 1.807) is 7.11 Å². The van der Waals surface area contributed by atoms with Gasteiger partial charge in [-0.3, -0.25) is 0 Å². The van der Waals surface area contributed by atoms with Gasteiger partial charge in [0.25, 0.3) is 0 Å². The van der Waals surface area contributed by atoms with E-state index in [0.717, 1.165) is 42.4 Å². The zero-order valence-corrected chi connectivity index (χ0v) is 16.0. The molecule has 140 valence electrons. The van der Waals surface area contributed by atoms with E-state index in [1.165, 1.54) is 24.0 Å². The van der Waals surface area contributed by atoms with Gasteiger partial charge in [0.1, 0.15) is 11.5 Å². The first-order chi connectivity index (χ1) is 13.2. The largest absolute Gasteiger partial charge is 0.497 e. The number of para-hydroxylation sites is 1. The van der Waals surface area contributed by atoms with Crippen LogP contribution in [0.2, 0.25) is 0 Å². The van der Waals surface area contributed by atoms with Crippen LogP contribution >= 0.6 is 0 Å². The summed E-state index contributed by atoms with van der Waals surface area (Å²) in [7, 11) is 1.70. The SMILES string of the molecule is COc1ccc(C2=NN3[C@@H](C2)c2ccccc2OC32CCC(C)CC2)cc1. The molecule has 27 heavy (non-hydrogen) atoms. The standard InChI is InChI=1S/C23H26N2O2/c1-16-11-13-23(14-12-16)25-21(19-5-3-4-6-22(19)27-23)15-20(24-25)17-7-9-18(26-2)10-8-17/h3-10,16,21H,11-15H2,1-2H3/t16?,21-,23?/m0/s1. The van der Waals surface area contributed by atoms with Crippen LogP contribution in [-0.2, 0) is 0 Å². The second-order valence-electron chi connectivity index (χ2n) is 8.11. The van der Waals surface area contributed by atoms with Crippen LogP contribution in [0.25, 0.3) is 0 Å². The molecule has 1 fully saturated rings. The molecule has 4 nitrogen and oxygen atoms in total. The van der Waals surface area contributed by atoms with Crippen molar-refractivity contribution in [1.82, 2.24) is 5.01 Å². The molecule has 0 radical (unpaired) electrons. The molecule has 2 aliphatic heterocycles. The highest BCUT2D eigenvalue weighted by Gasteiger charge is 2.51. The summed E-state index contributed by atoms with van der Waals surface area (Å²) in [6.45, 7) is 2.34. The van der Waals surface area contributed by atoms with E-state index in [0.29, 0.717) is 0 Å². The molecule has 0 bridgehead atoms. The highest BCUT2D eigenvalue weighted by Crippen LogP contribution is 2.51. The first-order valence-electron chi connectivity index (χ1n) is 9.98. The van der Waals surface area contributed by atoms with Crippen molar-refractivity contribution in [3.8, 4) is 11.5 Å². The minimum absolute atomic E-state index is 0.264. The number of nitrogens with zero attached hydrogens (tertiary/aromatic N) is 2. The lowest BCUT2D eigenvalue weighted by molar-refractivity contribution is -0.145. The zero-order valence-electron chi connectivity index (χ0n) is 16.0. The van der Waals surface area contributed by atoms with Crippen LogP contribution in [0, 0.1) is 5.92 Å². The first kappa shape index (κ1) is 16.7. The molecule has 0 saturated heterocycles. The smallest absolute Gasteiger partial charge is 0.198 e. The molecule has 0 amide bonds. The Morgan fingerprint density at radius 1 is 1.07 bits per heavy atom. The molecule has 3 aliphatic rings. The van der Waals surface area contributed by atoms with Crippen LogP contribution in [0.15, 0.2) is 53.6 Å². The Kier molecular flexibility index (Phi) is 3.88. The highest BCUT2D eigenvalue weighted by atomic mass is 16.5. The monoisotopic (exact) mass is 362 g/mol. The Bertz CT molecular complexity index is 866. The lowest BCUT2D eigenvalue weighted by Gasteiger charge is -2.50. The molecule has 1 spiro atoms. The van der Waals surface area contributed by atoms with Crippen LogP contribution in [0.5, 0.6) is 11.5 Å². The van der Waals surface area contributed by atoms with E-state index >= 15 is 0 Å². The van der Waals surface area contributed by atoms with Gasteiger partial charge in [-0.15, -0.1) is 0 Å². The topological polar surface area (TPSA) is 34.1 Å². The molecule has 0 aromatic heterocycles. The number of benzene rings is 2. The van der Waals surface area contributed by atoms with Crippen LogP contribution < -0.4 is 9.47 Å². The molecular weight excluding hydrogens is 336 g/mol. The first-order valence-corrected chi connectivity index (χ1v) is 9.98. The van der Waals surface area contributed by atoms with Crippen LogP contribution in [-0.4, -0.2) is 23.6 Å². The van der Waals surface area contributed by atoms with Gasteiger partial charge in [-0.05, 0) is 54.7 Å². The Hall–Kier alpha value is -2.49. The van der Waals surface area contributed by atoms with Crippen LogP contribution in [0.3, 0.4) is 0 Å². The normalized spacial score (nSPS) is 29.0. The van der Waals surface area contributed by atoms with Gasteiger partial charge >= 0.3 is 0 Å². The van der Waals surface area contributed by atoms with Crippen molar-refractivity contribution in [3.63, 3.8) is 0 Å². The van der Waals surface area contributed by atoms with E-state index in [-0.39, 0.29) is 11.8 Å². The summed E-state index contributed by atoms with van der Waals surface area (Å²) >= 11 is 0. The van der Waals surface area contributed by atoms with E-state index < -0.39 is 0 Å². The van der Waals surface area contributed by atoms with Crippen molar-refractivity contribution in [2.24, 2.45) is 11.0 Å². The maximum absolute atomic E-state index is 6.64. The Morgan fingerprint density at radius 2 is 1.81 bits per heavy atom. The van der Waals surface area contributed by atoms with Crippen molar-refractivity contribution in [3.05, 3.63) is 59.7 Å². The van der Waals surface area contributed by atoms with Gasteiger partial charge in [-0.1, -0.05) is 25.1 Å². The third kappa shape index (κ3) is 2.70. The molecular formula is C23H26N2O2. The molecule has 2 aromatic carbocycles. The van der Waals surface area contributed by atoms with Gasteiger partial charge in [0.15, 0.2) is 5.72 Å². The number of hydrogen-bond donors (Lipinski definition) is 0. The highest BCUT2D eigenvalue weighted by molar-refractivity contribution is 6.02. The van der Waals surface area contributed by atoms with Crippen molar-refractivity contribution >= 4 is 5.71 Å². The van der Waals surface area contributed by atoms with Gasteiger partial charge in [0, 0.05) is 24.8 Å². The number of methoxy groups -OCH3 is 1. The van der Waals surface area contributed by atoms with Gasteiger partial charge in [-0.2, -0.15) is 5.10 Å². The molecule has 1 atom stereocenters. The average molecular weight is 362 g/mol. The minimum atomic E-state index is -0.292. The molecule has 0 unspecified atom stereocenters. The van der Waals surface area contributed by atoms with E-state index in [9.17, 15) is 0 Å². The molecule has 1 aliphatic carbocycles. The second kappa shape index (κ2) is 6.29. The summed E-state index contributed by atoms with van der Waals surface area (Å²) in [4.78, 5) is 0. The van der Waals surface area contributed by atoms with Gasteiger partial charge in [-0.25, -0.2) is 5.01 Å². The number of ether oxygens (including phenoxy) is 2. The van der Waals surface area contributed by atoms with Crippen molar-refractivity contribution in [2.75, 3.05) is 7.11 Å². The average Bonchev–Trinajstić information content (AvgIpc) is 3.17. The lowest BCUT2D eigenvalue weighted by atomic mass is 9.82.